The fourth-order valence-corrected chi connectivity index (χ4v) is 1.43. The van der Waals surface area contributed by atoms with Gasteiger partial charge in [-0.3, -0.25) is 9.59 Å². The standard InChI is InChI=1S/C12H12O4/c1-2-8(13)6-15-9-3-4-10-11(14)7-16-12(10)5-9/h3-5H,2,6-7H2,1H3. The smallest absolute Gasteiger partial charge is 0.203 e. The molecule has 0 atom stereocenters. The highest BCUT2D eigenvalue weighted by Gasteiger charge is 2.21. The average Bonchev–Trinajstić information content (AvgIpc) is 2.67. The number of carbonyl (C=O) groups excluding carboxylic acids is 2. The lowest BCUT2D eigenvalue weighted by atomic mass is 10.1. The molecule has 0 spiro atoms. The Bertz CT molecular complexity index is 437. The van der Waals surface area contributed by atoms with Gasteiger partial charge in [-0.05, 0) is 12.1 Å². The Kier molecular flexibility index (Phi) is 2.90. The van der Waals surface area contributed by atoms with E-state index in [9.17, 15) is 9.59 Å². The van der Waals surface area contributed by atoms with Gasteiger partial charge in [0.2, 0.25) is 5.78 Å². The van der Waals surface area contributed by atoms with E-state index in [-0.39, 0.29) is 24.8 Å². The van der Waals surface area contributed by atoms with Crippen molar-refractivity contribution in [1.29, 1.82) is 0 Å². The number of carbonyl (C=O) groups is 2. The molecule has 1 aromatic rings. The van der Waals surface area contributed by atoms with Gasteiger partial charge in [-0.25, -0.2) is 0 Å². The summed E-state index contributed by atoms with van der Waals surface area (Å²) >= 11 is 0. The van der Waals surface area contributed by atoms with Crippen LogP contribution in [0.1, 0.15) is 23.7 Å². The van der Waals surface area contributed by atoms with Gasteiger partial charge in [0.25, 0.3) is 0 Å². The molecule has 84 valence electrons. The second-order valence-corrected chi connectivity index (χ2v) is 3.55. The third-order valence-corrected chi connectivity index (χ3v) is 2.41. The van der Waals surface area contributed by atoms with Crippen molar-refractivity contribution >= 4 is 11.6 Å². The molecule has 4 nitrogen and oxygen atoms in total. The zero-order valence-electron chi connectivity index (χ0n) is 8.99. The van der Waals surface area contributed by atoms with Gasteiger partial charge < -0.3 is 9.47 Å². The molecule has 0 radical (unpaired) electrons. The maximum Gasteiger partial charge on any atom is 0.203 e. The summed E-state index contributed by atoms with van der Waals surface area (Å²) in [6.07, 6.45) is 0.458. The Balaban J connectivity index is 2.08. The number of benzene rings is 1. The molecule has 0 fully saturated rings. The van der Waals surface area contributed by atoms with Crippen LogP contribution >= 0.6 is 0 Å². The van der Waals surface area contributed by atoms with E-state index in [0.29, 0.717) is 23.5 Å². The van der Waals surface area contributed by atoms with Crippen LogP contribution in [-0.4, -0.2) is 24.8 Å². The largest absolute Gasteiger partial charge is 0.486 e. The normalized spacial score (nSPS) is 13.2. The van der Waals surface area contributed by atoms with Crippen LogP contribution in [0.15, 0.2) is 18.2 Å². The van der Waals surface area contributed by atoms with Crippen molar-refractivity contribution < 1.29 is 19.1 Å². The van der Waals surface area contributed by atoms with Crippen molar-refractivity contribution in [2.24, 2.45) is 0 Å². The van der Waals surface area contributed by atoms with Gasteiger partial charge in [-0.15, -0.1) is 0 Å². The number of hydrogen-bond acceptors (Lipinski definition) is 4. The van der Waals surface area contributed by atoms with Crippen LogP contribution in [0, 0.1) is 0 Å². The molecule has 0 N–H and O–H groups in total. The number of fused-ring (bicyclic) bond motifs is 1. The second-order valence-electron chi connectivity index (χ2n) is 3.55. The van der Waals surface area contributed by atoms with Gasteiger partial charge in [0.15, 0.2) is 12.4 Å². The van der Waals surface area contributed by atoms with Crippen LogP contribution in [0.4, 0.5) is 0 Å². The van der Waals surface area contributed by atoms with Gasteiger partial charge in [-0.2, -0.15) is 0 Å². The second kappa shape index (κ2) is 4.35. The van der Waals surface area contributed by atoms with Gasteiger partial charge in [0.05, 0.1) is 5.56 Å². The molecule has 4 heteroatoms. The predicted octanol–water partition coefficient (Wildman–Crippen LogP) is 1.62. The summed E-state index contributed by atoms with van der Waals surface area (Å²) in [5.41, 5.74) is 0.578. The topological polar surface area (TPSA) is 52.6 Å². The predicted molar refractivity (Wildman–Crippen MR) is 57.1 cm³/mol. The van der Waals surface area contributed by atoms with E-state index >= 15 is 0 Å². The van der Waals surface area contributed by atoms with E-state index in [4.69, 9.17) is 9.47 Å². The molecule has 2 rings (SSSR count). The minimum atomic E-state index is -0.0221. The summed E-state index contributed by atoms with van der Waals surface area (Å²) in [7, 11) is 0. The van der Waals surface area contributed by atoms with Gasteiger partial charge in [0, 0.05) is 12.5 Å². The van der Waals surface area contributed by atoms with Crippen molar-refractivity contribution in [3.05, 3.63) is 23.8 Å². The first kappa shape index (κ1) is 10.7. The van der Waals surface area contributed by atoms with Crippen LogP contribution in [0.3, 0.4) is 0 Å². The molecule has 1 aliphatic rings. The summed E-state index contributed by atoms with van der Waals surface area (Å²) in [6.45, 7) is 1.94. The van der Waals surface area contributed by atoms with Crippen LogP contribution in [0.2, 0.25) is 0 Å². The first-order chi connectivity index (χ1) is 7.70. The van der Waals surface area contributed by atoms with Crippen molar-refractivity contribution in [3.63, 3.8) is 0 Å². The highest BCUT2D eigenvalue weighted by Crippen LogP contribution is 2.29. The number of rotatable bonds is 4. The van der Waals surface area contributed by atoms with E-state index in [1.165, 1.54) is 0 Å². The minimum absolute atomic E-state index is 0.0221. The zero-order valence-corrected chi connectivity index (χ0v) is 8.99. The zero-order chi connectivity index (χ0) is 11.5. The van der Waals surface area contributed by atoms with E-state index in [0.717, 1.165) is 0 Å². The first-order valence-electron chi connectivity index (χ1n) is 5.15. The highest BCUT2D eigenvalue weighted by molar-refractivity contribution is 6.02. The van der Waals surface area contributed by atoms with Crippen molar-refractivity contribution in [2.45, 2.75) is 13.3 Å². The molecular formula is C12H12O4. The lowest BCUT2D eigenvalue weighted by Crippen LogP contribution is -2.09. The van der Waals surface area contributed by atoms with Crippen molar-refractivity contribution in [1.82, 2.24) is 0 Å². The molecule has 1 aliphatic heterocycles. The Morgan fingerprint density at radius 1 is 1.50 bits per heavy atom. The minimum Gasteiger partial charge on any atom is -0.486 e. The summed E-state index contributed by atoms with van der Waals surface area (Å²) in [5, 5.41) is 0. The SMILES string of the molecule is CCC(=O)COc1ccc2c(c1)OCC2=O. The maximum atomic E-state index is 11.3. The summed E-state index contributed by atoms with van der Waals surface area (Å²) in [6, 6.07) is 4.98. The average molecular weight is 220 g/mol. The first-order valence-corrected chi connectivity index (χ1v) is 5.15. The molecule has 0 saturated heterocycles. The summed E-state index contributed by atoms with van der Waals surface area (Å²) in [4.78, 5) is 22.3. The Hall–Kier alpha value is -1.84. The molecule has 0 unspecified atom stereocenters. The number of hydrogen-bond donors (Lipinski definition) is 0. The van der Waals surface area contributed by atoms with Crippen molar-refractivity contribution in [2.75, 3.05) is 13.2 Å². The van der Waals surface area contributed by atoms with Crippen molar-refractivity contribution in [3.8, 4) is 11.5 Å². The molecule has 16 heavy (non-hydrogen) atoms. The Morgan fingerprint density at radius 3 is 3.06 bits per heavy atom. The molecule has 0 amide bonds. The van der Waals surface area contributed by atoms with Gasteiger partial charge in [-0.1, -0.05) is 6.92 Å². The van der Waals surface area contributed by atoms with E-state index < -0.39 is 0 Å². The maximum absolute atomic E-state index is 11.3. The van der Waals surface area contributed by atoms with Crippen LogP contribution in [-0.2, 0) is 4.79 Å². The summed E-state index contributed by atoms with van der Waals surface area (Å²) < 4.78 is 10.4. The van der Waals surface area contributed by atoms with Crippen LogP contribution < -0.4 is 9.47 Å². The quantitative estimate of drug-likeness (QED) is 0.773. The van der Waals surface area contributed by atoms with E-state index in [1.54, 1.807) is 25.1 Å². The summed E-state index contributed by atoms with van der Waals surface area (Å²) in [5.74, 6) is 1.10. The van der Waals surface area contributed by atoms with Gasteiger partial charge >= 0.3 is 0 Å². The molecule has 0 aliphatic carbocycles. The molecule has 1 aromatic carbocycles. The fourth-order valence-electron chi connectivity index (χ4n) is 1.43. The third kappa shape index (κ3) is 2.05. The molecule has 0 aromatic heterocycles. The monoisotopic (exact) mass is 220 g/mol. The third-order valence-electron chi connectivity index (χ3n) is 2.41. The molecule has 0 saturated carbocycles. The van der Waals surface area contributed by atoms with E-state index in [2.05, 4.69) is 0 Å². The van der Waals surface area contributed by atoms with Crippen LogP contribution in [0.5, 0.6) is 11.5 Å². The van der Waals surface area contributed by atoms with Gasteiger partial charge in [0.1, 0.15) is 18.1 Å². The van der Waals surface area contributed by atoms with E-state index in [1.807, 2.05) is 0 Å². The number of ketones is 2. The molecule has 1 heterocycles. The highest BCUT2D eigenvalue weighted by atomic mass is 16.5. The van der Waals surface area contributed by atoms with Crippen LogP contribution in [0.25, 0.3) is 0 Å². The molecular weight excluding hydrogens is 208 g/mol. The Morgan fingerprint density at radius 2 is 2.31 bits per heavy atom. The number of ether oxygens (including phenoxy) is 2. The lowest BCUT2D eigenvalue weighted by Gasteiger charge is -2.05. The lowest BCUT2D eigenvalue weighted by molar-refractivity contribution is -0.120. The number of Topliss-reactive ketones (excluding diaryl/α,β-unsaturated/α-hetero) is 2. The fraction of sp³-hybridized carbons (Fsp3) is 0.333. The Labute approximate surface area is 93.2 Å². The molecule has 0 bridgehead atoms.